The maximum Gasteiger partial charge on any atom is 0.326 e. The molecule has 0 aliphatic rings. The predicted octanol–water partition coefficient (Wildman–Crippen LogP) is -0.986. The lowest BCUT2D eigenvalue weighted by Gasteiger charge is -2.24. The molecule has 0 saturated heterocycles. The minimum Gasteiger partial charge on any atom is -0.480 e. The number of carboxylic acids is 1. The van der Waals surface area contributed by atoms with Crippen LogP contribution in [0.25, 0.3) is 0 Å². The van der Waals surface area contributed by atoms with Crippen molar-refractivity contribution in [3.63, 3.8) is 0 Å². The van der Waals surface area contributed by atoms with Gasteiger partial charge in [0.2, 0.25) is 17.7 Å². The highest BCUT2D eigenvalue weighted by atomic mass is 16.4. The Hall–Kier alpha value is -2.99. The van der Waals surface area contributed by atoms with Crippen molar-refractivity contribution in [1.82, 2.24) is 25.9 Å². The molecule has 0 saturated carbocycles. The number of nitrogens with one attached hydrogen (secondary N) is 4. The van der Waals surface area contributed by atoms with Crippen LogP contribution in [0.15, 0.2) is 12.5 Å². The second-order valence-corrected chi connectivity index (χ2v) is 8.49. The van der Waals surface area contributed by atoms with Crippen LogP contribution in [-0.4, -0.2) is 69.5 Å². The van der Waals surface area contributed by atoms with Crippen molar-refractivity contribution >= 4 is 23.7 Å². The van der Waals surface area contributed by atoms with Crippen LogP contribution in [0, 0.1) is 5.92 Å². The van der Waals surface area contributed by atoms with Crippen LogP contribution in [0.2, 0.25) is 0 Å². The lowest BCUT2D eigenvalue weighted by Crippen LogP contribution is -2.56. The number of hydrogen-bond acceptors (Lipinski definition) is 7. The second kappa shape index (κ2) is 14.2. The van der Waals surface area contributed by atoms with E-state index in [4.69, 9.17) is 11.5 Å². The summed E-state index contributed by atoms with van der Waals surface area (Å²) in [6, 6.07) is -3.87. The average molecular weight is 468 g/mol. The molecule has 1 rings (SSSR count). The molecular weight excluding hydrogens is 430 g/mol. The third kappa shape index (κ3) is 10.4. The van der Waals surface area contributed by atoms with E-state index in [0.717, 1.165) is 6.42 Å². The van der Waals surface area contributed by atoms with E-state index in [2.05, 4.69) is 25.9 Å². The topological polar surface area (TPSA) is 205 Å². The molecule has 4 atom stereocenters. The lowest BCUT2D eigenvalue weighted by atomic mass is 10.0. The zero-order chi connectivity index (χ0) is 25.0. The van der Waals surface area contributed by atoms with Gasteiger partial charge < -0.3 is 37.5 Å². The quantitative estimate of drug-likeness (QED) is 0.159. The van der Waals surface area contributed by atoms with Crippen LogP contribution in [0.4, 0.5) is 0 Å². The predicted molar refractivity (Wildman–Crippen MR) is 122 cm³/mol. The zero-order valence-corrected chi connectivity index (χ0v) is 19.5. The summed E-state index contributed by atoms with van der Waals surface area (Å²) in [5.74, 6) is -2.83. The number of rotatable bonds is 15. The Labute approximate surface area is 193 Å². The SMILES string of the molecule is CC(C)CC(NC(=O)C(C)NC(=O)C(N)CCCCN)C(=O)NC(Cc1cnc[nH]1)C(=O)O. The molecule has 0 aliphatic carbocycles. The Bertz CT molecular complexity index is 769. The number of aromatic nitrogens is 2. The fourth-order valence-corrected chi connectivity index (χ4v) is 3.11. The molecule has 0 bridgehead atoms. The van der Waals surface area contributed by atoms with Gasteiger partial charge in [-0.15, -0.1) is 0 Å². The number of carbonyl (C=O) groups is 4. The number of imidazole rings is 1. The molecule has 1 heterocycles. The summed E-state index contributed by atoms with van der Waals surface area (Å²) in [7, 11) is 0. The first-order valence-corrected chi connectivity index (χ1v) is 11.1. The molecule has 4 unspecified atom stereocenters. The summed E-state index contributed by atoms with van der Waals surface area (Å²) < 4.78 is 0. The van der Waals surface area contributed by atoms with Gasteiger partial charge in [0.25, 0.3) is 0 Å². The van der Waals surface area contributed by atoms with Crippen LogP contribution in [0.5, 0.6) is 0 Å². The van der Waals surface area contributed by atoms with E-state index in [-0.39, 0.29) is 18.8 Å². The number of unbranched alkanes of at least 4 members (excludes halogenated alkanes) is 1. The highest BCUT2D eigenvalue weighted by Gasteiger charge is 2.29. The van der Waals surface area contributed by atoms with E-state index in [9.17, 15) is 24.3 Å². The van der Waals surface area contributed by atoms with E-state index in [1.807, 2.05) is 13.8 Å². The molecule has 0 radical (unpaired) electrons. The molecular formula is C21H37N7O5. The zero-order valence-electron chi connectivity index (χ0n) is 19.5. The van der Waals surface area contributed by atoms with Gasteiger partial charge in [-0.2, -0.15) is 0 Å². The number of nitrogens with two attached hydrogens (primary N) is 2. The number of nitrogens with zero attached hydrogens (tertiary/aromatic N) is 1. The Kier molecular flexibility index (Phi) is 12.1. The molecule has 186 valence electrons. The number of amides is 3. The molecule has 1 aromatic rings. The maximum absolute atomic E-state index is 12.8. The Morgan fingerprint density at radius 1 is 1.03 bits per heavy atom. The molecule has 0 fully saturated rings. The molecule has 0 aromatic carbocycles. The van der Waals surface area contributed by atoms with Gasteiger partial charge >= 0.3 is 5.97 Å². The first kappa shape index (κ1) is 28.0. The summed E-state index contributed by atoms with van der Waals surface area (Å²) >= 11 is 0. The maximum atomic E-state index is 12.8. The van der Waals surface area contributed by atoms with Crippen LogP contribution in [0.1, 0.15) is 52.1 Å². The molecule has 0 aliphatic heterocycles. The van der Waals surface area contributed by atoms with E-state index in [0.29, 0.717) is 25.1 Å². The van der Waals surface area contributed by atoms with Crippen LogP contribution < -0.4 is 27.4 Å². The number of H-pyrrole nitrogens is 1. The van der Waals surface area contributed by atoms with Crippen molar-refractivity contribution in [2.24, 2.45) is 17.4 Å². The number of carboxylic acid groups (broad SMARTS) is 1. The van der Waals surface area contributed by atoms with Crippen molar-refractivity contribution < 1.29 is 24.3 Å². The lowest BCUT2D eigenvalue weighted by molar-refractivity contribution is -0.142. The van der Waals surface area contributed by atoms with Gasteiger partial charge in [0.1, 0.15) is 18.1 Å². The number of aromatic amines is 1. The van der Waals surface area contributed by atoms with Crippen molar-refractivity contribution in [2.45, 2.75) is 77.0 Å². The van der Waals surface area contributed by atoms with Crippen LogP contribution in [-0.2, 0) is 25.6 Å². The molecule has 9 N–H and O–H groups in total. The van der Waals surface area contributed by atoms with Gasteiger partial charge in [-0.25, -0.2) is 9.78 Å². The number of carbonyl (C=O) groups excluding carboxylic acids is 3. The number of aliphatic carboxylic acids is 1. The van der Waals surface area contributed by atoms with Crippen molar-refractivity contribution in [2.75, 3.05) is 6.54 Å². The third-order valence-electron chi connectivity index (χ3n) is 4.99. The van der Waals surface area contributed by atoms with Gasteiger partial charge in [0.05, 0.1) is 12.4 Å². The van der Waals surface area contributed by atoms with E-state index >= 15 is 0 Å². The van der Waals surface area contributed by atoms with Gasteiger partial charge in [-0.3, -0.25) is 14.4 Å². The van der Waals surface area contributed by atoms with Gasteiger partial charge in [-0.1, -0.05) is 20.3 Å². The van der Waals surface area contributed by atoms with Crippen molar-refractivity contribution in [1.29, 1.82) is 0 Å². The summed E-state index contributed by atoms with van der Waals surface area (Å²) in [5, 5.41) is 17.1. The Morgan fingerprint density at radius 2 is 1.70 bits per heavy atom. The Morgan fingerprint density at radius 3 is 2.24 bits per heavy atom. The molecule has 12 heteroatoms. The summed E-state index contributed by atoms with van der Waals surface area (Å²) in [6.07, 6.45) is 5.08. The minimum absolute atomic E-state index is 0.0118. The average Bonchev–Trinajstić information content (AvgIpc) is 3.25. The molecule has 33 heavy (non-hydrogen) atoms. The fraction of sp³-hybridized carbons (Fsp3) is 0.667. The highest BCUT2D eigenvalue weighted by molar-refractivity contribution is 5.93. The van der Waals surface area contributed by atoms with E-state index in [1.165, 1.54) is 19.4 Å². The highest BCUT2D eigenvalue weighted by Crippen LogP contribution is 2.07. The van der Waals surface area contributed by atoms with E-state index < -0.39 is 47.9 Å². The summed E-state index contributed by atoms with van der Waals surface area (Å²) in [5.41, 5.74) is 11.8. The van der Waals surface area contributed by atoms with Crippen molar-refractivity contribution in [3.8, 4) is 0 Å². The summed E-state index contributed by atoms with van der Waals surface area (Å²) in [4.78, 5) is 55.9. The van der Waals surface area contributed by atoms with Crippen LogP contribution >= 0.6 is 0 Å². The minimum atomic E-state index is -1.21. The molecule has 12 nitrogen and oxygen atoms in total. The van der Waals surface area contributed by atoms with Gasteiger partial charge in [0.15, 0.2) is 0 Å². The summed E-state index contributed by atoms with van der Waals surface area (Å²) in [6.45, 7) is 5.74. The third-order valence-corrected chi connectivity index (χ3v) is 4.99. The van der Waals surface area contributed by atoms with Crippen molar-refractivity contribution in [3.05, 3.63) is 18.2 Å². The normalized spacial score (nSPS) is 14.7. The Balaban J connectivity index is 2.74. The smallest absolute Gasteiger partial charge is 0.326 e. The largest absolute Gasteiger partial charge is 0.480 e. The molecule has 0 spiro atoms. The second-order valence-electron chi connectivity index (χ2n) is 8.49. The number of hydrogen-bond donors (Lipinski definition) is 7. The fourth-order valence-electron chi connectivity index (χ4n) is 3.11. The molecule has 3 amide bonds. The monoisotopic (exact) mass is 467 g/mol. The first-order valence-electron chi connectivity index (χ1n) is 11.1. The first-order chi connectivity index (χ1) is 15.5. The molecule has 1 aromatic heterocycles. The standard InChI is InChI=1S/C21H37N7O5/c1-12(2)8-16(20(31)28-17(21(32)33)9-14-10-24-11-25-14)27-18(29)13(3)26-19(30)15(23)6-4-5-7-22/h10-13,15-17H,4-9,22-23H2,1-3H3,(H,24,25)(H,26,30)(H,27,29)(H,28,31)(H,32,33). The van der Waals surface area contributed by atoms with Crippen LogP contribution in [0.3, 0.4) is 0 Å². The van der Waals surface area contributed by atoms with Gasteiger partial charge in [-0.05, 0) is 38.6 Å². The van der Waals surface area contributed by atoms with E-state index in [1.54, 1.807) is 0 Å². The van der Waals surface area contributed by atoms with Gasteiger partial charge in [0, 0.05) is 18.3 Å².